The Bertz CT molecular complexity index is 709. The highest BCUT2D eigenvalue weighted by Crippen LogP contribution is 2.65. The molecule has 1 spiro atoms. The van der Waals surface area contributed by atoms with E-state index in [-0.39, 0.29) is 0 Å². The fourth-order valence-corrected chi connectivity index (χ4v) is 5.14. The molecule has 1 saturated heterocycles. The smallest absolute Gasteiger partial charge is 0.169 e. The zero-order valence-electron chi connectivity index (χ0n) is 11.9. The van der Waals surface area contributed by atoms with Crippen molar-refractivity contribution in [3.05, 3.63) is 58.0 Å². The van der Waals surface area contributed by atoms with Crippen molar-refractivity contribution >= 4 is 15.9 Å². The maximum absolute atomic E-state index is 5.72. The van der Waals surface area contributed by atoms with E-state index in [1.165, 1.54) is 25.8 Å². The molecule has 3 atom stereocenters. The van der Waals surface area contributed by atoms with E-state index in [0.717, 1.165) is 22.9 Å². The molecule has 3 unspecified atom stereocenters. The molecule has 21 heavy (non-hydrogen) atoms. The van der Waals surface area contributed by atoms with Gasteiger partial charge < -0.3 is 4.42 Å². The fraction of sp³-hybridized carbons (Fsp3) is 0.444. The minimum absolute atomic E-state index is 0.582. The number of piperidine rings is 1. The average molecular weight is 344 g/mol. The van der Waals surface area contributed by atoms with Gasteiger partial charge in [0.1, 0.15) is 5.76 Å². The Morgan fingerprint density at radius 3 is 2.86 bits per heavy atom. The highest BCUT2D eigenvalue weighted by molar-refractivity contribution is 9.10. The van der Waals surface area contributed by atoms with Gasteiger partial charge in [-0.15, -0.1) is 0 Å². The Morgan fingerprint density at radius 1 is 1.19 bits per heavy atom. The largest absolute Gasteiger partial charge is 0.453 e. The van der Waals surface area contributed by atoms with Gasteiger partial charge in [0.2, 0.25) is 0 Å². The summed E-state index contributed by atoms with van der Waals surface area (Å²) in [6.07, 6.45) is 3.94. The second-order valence-corrected chi connectivity index (χ2v) is 7.72. The van der Waals surface area contributed by atoms with Gasteiger partial charge in [0, 0.05) is 12.6 Å². The van der Waals surface area contributed by atoms with Crippen LogP contribution in [0.25, 0.3) is 0 Å². The van der Waals surface area contributed by atoms with Crippen LogP contribution in [0, 0.1) is 11.3 Å². The van der Waals surface area contributed by atoms with Gasteiger partial charge in [-0.2, -0.15) is 0 Å². The van der Waals surface area contributed by atoms with Crippen LogP contribution in [0.5, 0.6) is 0 Å². The molecule has 3 aliphatic rings. The first-order chi connectivity index (χ1) is 10.2. The van der Waals surface area contributed by atoms with Crippen LogP contribution in [-0.4, -0.2) is 17.5 Å². The number of halogens is 1. The summed E-state index contributed by atoms with van der Waals surface area (Å²) < 4.78 is 6.56. The highest BCUT2D eigenvalue weighted by Gasteiger charge is 2.66. The molecule has 2 heterocycles. The average Bonchev–Trinajstić information content (AvgIpc) is 2.85. The molecule has 5 rings (SSSR count). The van der Waals surface area contributed by atoms with Crippen molar-refractivity contribution in [2.75, 3.05) is 6.54 Å². The summed E-state index contributed by atoms with van der Waals surface area (Å²) >= 11 is 3.41. The summed E-state index contributed by atoms with van der Waals surface area (Å²) in [5.41, 5.74) is 3.74. The van der Waals surface area contributed by atoms with E-state index in [1.54, 1.807) is 11.1 Å². The van der Waals surface area contributed by atoms with E-state index in [0.29, 0.717) is 11.5 Å². The molecule has 0 N–H and O–H groups in total. The minimum Gasteiger partial charge on any atom is -0.453 e. The molecule has 2 aromatic rings. The van der Waals surface area contributed by atoms with Gasteiger partial charge in [0.25, 0.3) is 0 Å². The first-order valence-corrected chi connectivity index (χ1v) is 8.59. The van der Waals surface area contributed by atoms with Crippen LogP contribution in [0.1, 0.15) is 23.3 Å². The molecular weight excluding hydrogens is 326 g/mol. The minimum atomic E-state index is 0.582. The molecule has 1 aromatic carbocycles. The third-order valence-corrected chi connectivity index (χ3v) is 6.30. The van der Waals surface area contributed by atoms with Crippen molar-refractivity contribution in [1.82, 2.24) is 4.90 Å². The molecule has 1 aliphatic heterocycles. The van der Waals surface area contributed by atoms with Gasteiger partial charge in [0.05, 0.1) is 6.54 Å². The van der Waals surface area contributed by atoms with E-state index in [4.69, 9.17) is 4.42 Å². The molecule has 0 amide bonds. The van der Waals surface area contributed by atoms with Gasteiger partial charge in [-0.3, -0.25) is 4.90 Å². The predicted molar refractivity (Wildman–Crippen MR) is 85.0 cm³/mol. The van der Waals surface area contributed by atoms with Crippen molar-refractivity contribution in [3.63, 3.8) is 0 Å². The number of likely N-dealkylation sites (tertiary alicyclic amines) is 1. The predicted octanol–water partition coefficient (Wildman–Crippen LogP) is 4.03. The molecule has 3 heteroatoms. The summed E-state index contributed by atoms with van der Waals surface area (Å²) in [6, 6.07) is 13.8. The SMILES string of the molecule is Brc1ccc(CN2CC3CC34Cc3ccccc3CC24)o1. The van der Waals surface area contributed by atoms with Gasteiger partial charge >= 0.3 is 0 Å². The van der Waals surface area contributed by atoms with E-state index in [1.807, 2.05) is 6.07 Å². The Morgan fingerprint density at radius 2 is 2.05 bits per heavy atom. The molecule has 0 radical (unpaired) electrons. The Kier molecular flexibility index (Phi) is 2.52. The maximum Gasteiger partial charge on any atom is 0.169 e. The number of hydrogen-bond acceptors (Lipinski definition) is 2. The monoisotopic (exact) mass is 343 g/mol. The number of nitrogens with zero attached hydrogens (tertiary/aromatic N) is 1. The lowest BCUT2D eigenvalue weighted by Gasteiger charge is -2.36. The van der Waals surface area contributed by atoms with Crippen LogP contribution in [0.15, 0.2) is 45.5 Å². The zero-order valence-corrected chi connectivity index (χ0v) is 13.5. The van der Waals surface area contributed by atoms with Crippen LogP contribution in [-0.2, 0) is 19.4 Å². The lowest BCUT2D eigenvalue weighted by Crippen LogP contribution is -2.41. The summed E-state index contributed by atoms with van der Waals surface area (Å²) in [5.74, 6) is 1.99. The normalized spacial score (nSPS) is 33.4. The van der Waals surface area contributed by atoms with Crippen LogP contribution < -0.4 is 0 Å². The number of rotatable bonds is 2. The molecule has 2 aliphatic carbocycles. The number of hydrogen-bond donors (Lipinski definition) is 0. The Hall–Kier alpha value is -1.06. The van der Waals surface area contributed by atoms with Gasteiger partial charge in [-0.25, -0.2) is 0 Å². The molecule has 0 bridgehead atoms. The lowest BCUT2D eigenvalue weighted by molar-refractivity contribution is 0.154. The summed E-state index contributed by atoms with van der Waals surface area (Å²) in [7, 11) is 0. The molecule has 2 nitrogen and oxygen atoms in total. The summed E-state index contributed by atoms with van der Waals surface area (Å²) in [6.45, 7) is 2.20. The fourth-order valence-electron chi connectivity index (χ4n) is 4.80. The topological polar surface area (TPSA) is 16.4 Å². The summed E-state index contributed by atoms with van der Waals surface area (Å²) in [4.78, 5) is 2.66. The first-order valence-electron chi connectivity index (χ1n) is 7.80. The van der Waals surface area contributed by atoms with E-state index in [9.17, 15) is 0 Å². The van der Waals surface area contributed by atoms with E-state index >= 15 is 0 Å². The van der Waals surface area contributed by atoms with Crippen LogP contribution in [0.3, 0.4) is 0 Å². The summed E-state index contributed by atoms with van der Waals surface area (Å²) in [5, 5.41) is 0. The zero-order chi connectivity index (χ0) is 14.0. The Labute approximate surface area is 133 Å². The third-order valence-electron chi connectivity index (χ3n) is 5.88. The second-order valence-electron chi connectivity index (χ2n) is 6.93. The first kappa shape index (κ1) is 12.5. The molecule has 1 aromatic heterocycles. The van der Waals surface area contributed by atoms with Crippen LogP contribution in [0.4, 0.5) is 0 Å². The van der Waals surface area contributed by atoms with E-state index in [2.05, 4.69) is 51.2 Å². The molecule has 108 valence electrons. The maximum atomic E-state index is 5.72. The molecule has 1 saturated carbocycles. The molecule has 2 fully saturated rings. The van der Waals surface area contributed by atoms with Gasteiger partial charge in [-0.1, -0.05) is 24.3 Å². The number of benzene rings is 1. The van der Waals surface area contributed by atoms with Gasteiger partial charge in [0.15, 0.2) is 4.67 Å². The lowest BCUT2D eigenvalue weighted by atomic mass is 9.77. The highest BCUT2D eigenvalue weighted by atomic mass is 79.9. The third kappa shape index (κ3) is 1.80. The number of furan rings is 1. The Balaban J connectivity index is 1.45. The van der Waals surface area contributed by atoms with Crippen molar-refractivity contribution in [3.8, 4) is 0 Å². The van der Waals surface area contributed by atoms with Crippen LogP contribution >= 0.6 is 15.9 Å². The van der Waals surface area contributed by atoms with Gasteiger partial charge in [-0.05, 0) is 69.8 Å². The number of fused-ring (bicyclic) bond motifs is 1. The van der Waals surface area contributed by atoms with Crippen molar-refractivity contribution < 1.29 is 4.42 Å². The molecular formula is C18H18BrNO. The second kappa shape index (κ2) is 4.23. The van der Waals surface area contributed by atoms with Crippen molar-refractivity contribution in [2.45, 2.75) is 31.8 Å². The van der Waals surface area contributed by atoms with E-state index < -0.39 is 0 Å². The quantitative estimate of drug-likeness (QED) is 0.818. The standard InChI is InChI=1S/C18H18BrNO/c19-17-6-5-15(21-17)11-20-10-14-9-18(14)8-13-4-2-1-3-12(13)7-16(18)20/h1-6,14,16H,7-11H2. The van der Waals surface area contributed by atoms with Crippen LogP contribution in [0.2, 0.25) is 0 Å². The van der Waals surface area contributed by atoms with Crippen molar-refractivity contribution in [2.24, 2.45) is 11.3 Å². The van der Waals surface area contributed by atoms with Crippen molar-refractivity contribution in [1.29, 1.82) is 0 Å².